The number of nitrogens with one attached hydrogen (secondary N) is 1. The van der Waals surface area contributed by atoms with Crippen LogP contribution in [0.3, 0.4) is 0 Å². The SMILES string of the molecule is CC(NCC1(CO)CCCC1)C1CCOC1. The van der Waals surface area contributed by atoms with E-state index in [1.54, 1.807) is 0 Å². The van der Waals surface area contributed by atoms with Crippen LogP contribution in [0.25, 0.3) is 0 Å². The number of hydrogen-bond donors (Lipinski definition) is 2. The van der Waals surface area contributed by atoms with Crippen molar-refractivity contribution < 1.29 is 9.84 Å². The predicted molar refractivity (Wildman–Crippen MR) is 64.4 cm³/mol. The molecule has 0 aromatic carbocycles. The van der Waals surface area contributed by atoms with E-state index in [1.165, 1.54) is 32.1 Å². The average Bonchev–Trinajstić information content (AvgIpc) is 2.98. The van der Waals surface area contributed by atoms with E-state index in [0.29, 0.717) is 18.6 Å². The zero-order valence-electron chi connectivity index (χ0n) is 10.4. The maximum atomic E-state index is 9.53. The molecule has 16 heavy (non-hydrogen) atoms. The first-order chi connectivity index (χ1) is 7.76. The van der Waals surface area contributed by atoms with Gasteiger partial charge in [-0.15, -0.1) is 0 Å². The number of rotatable bonds is 5. The largest absolute Gasteiger partial charge is 0.396 e. The lowest BCUT2D eigenvalue weighted by atomic mass is 9.86. The molecule has 1 aliphatic carbocycles. The van der Waals surface area contributed by atoms with Crippen molar-refractivity contribution in [1.82, 2.24) is 5.32 Å². The first-order valence-electron chi connectivity index (χ1n) is 6.68. The van der Waals surface area contributed by atoms with Crippen LogP contribution in [0.1, 0.15) is 39.0 Å². The van der Waals surface area contributed by atoms with Crippen LogP contribution >= 0.6 is 0 Å². The van der Waals surface area contributed by atoms with Crippen LogP contribution < -0.4 is 5.32 Å². The Morgan fingerprint density at radius 3 is 2.75 bits per heavy atom. The van der Waals surface area contributed by atoms with Crippen molar-refractivity contribution in [2.24, 2.45) is 11.3 Å². The summed E-state index contributed by atoms with van der Waals surface area (Å²) < 4.78 is 5.41. The molecule has 0 amide bonds. The highest BCUT2D eigenvalue weighted by Gasteiger charge is 2.34. The monoisotopic (exact) mass is 227 g/mol. The Morgan fingerprint density at radius 2 is 2.19 bits per heavy atom. The van der Waals surface area contributed by atoms with Crippen molar-refractivity contribution in [3.05, 3.63) is 0 Å². The molecule has 1 saturated heterocycles. The number of ether oxygens (including phenoxy) is 1. The molecule has 0 aromatic heterocycles. The summed E-state index contributed by atoms with van der Waals surface area (Å²) >= 11 is 0. The van der Waals surface area contributed by atoms with E-state index in [-0.39, 0.29) is 5.41 Å². The zero-order chi connectivity index (χ0) is 11.4. The Bertz CT molecular complexity index is 208. The summed E-state index contributed by atoms with van der Waals surface area (Å²) in [5, 5.41) is 13.1. The fourth-order valence-electron chi connectivity index (χ4n) is 3.01. The van der Waals surface area contributed by atoms with Gasteiger partial charge in [0.25, 0.3) is 0 Å². The van der Waals surface area contributed by atoms with Crippen LogP contribution in [0.4, 0.5) is 0 Å². The molecule has 1 saturated carbocycles. The van der Waals surface area contributed by atoms with Gasteiger partial charge in [0.05, 0.1) is 6.61 Å². The molecule has 0 bridgehead atoms. The number of hydrogen-bond acceptors (Lipinski definition) is 3. The van der Waals surface area contributed by atoms with Crippen molar-refractivity contribution in [2.75, 3.05) is 26.4 Å². The lowest BCUT2D eigenvalue weighted by molar-refractivity contribution is 0.119. The lowest BCUT2D eigenvalue weighted by Crippen LogP contribution is -2.42. The van der Waals surface area contributed by atoms with Gasteiger partial charge in [-0.05, 0) is 32.1 Å². The van der Waals surface area contributed by atoms with Gasteiger partial charge >= 0.3 is 0 Å². The van der Waals surface area contributed by atoms with Crippen molar-refractivity contribution >= 4 is 0 Å². The van der Waals surface area contributed by atoms with E-state index in [4.69, 9.17) is 4.74 Å². The first-order valence-corrected chi connectivity index (χ1v) is 6.68. The van der Waals surface area contributed by atoms with Gasteiger partial charge in [0.1, 0.15) is 0 Å². The standard InChI is InChI=1S/C13H25NO2/c1-11(12-4-7-16-8-12)14-9-13(10-15)5-2-3-6-13/h11-12,14-15H,2-10H2,1H3. The van der Waals surface area contributed by atoms with Crippen molar-refractivity contribution in [3.8, 4) is 0 Å². The molecule has 2 aliphatic rings. The van der Waals surface area contributed by atoms with Crippen LogP contribution in [0, 0.1) is 11.3 Å². The molecule has 0 spiro atoms. The van der Waals surface area contributed by atoms with Gasteiger partial charge in [-0.2, -0.15) is 0 Å². The normalized spacial score (nSPS) is 30.8. The minimum Gasteiger partial charge on any atom is -0.396 e. The number of aliphatic hydroxyl groups is 1. The summed E-state index contributed by atoms with van der Waals surface area (Å²) in [4.78, 5) is 0. The topological polar surface area (TPSA) is 41.5 Å². The van der Waals surface area contributed by atoms with Gasteiger partial charge in [-0.3, -0.25) is 0 Å². The van der Waals surface area contributed by atoms with Crippen molar-refractivity contribution in [2.45, 2.75) is 45.1 Å². The second-order valence-electron chi connectivity index (χ2n) is 5.66. The Labute approximate surface area is 98.6 Å². The molecule has 3 nitrogen and oxygen atoms in total. The summed E-state index contributed by atoms with van der Waals surface area (Å²) in [5.74, 6) is 0.664. The second kappa shape index (κ2) is 5.48. The molecular weight excluding hydrogens is 202 g/mol. The molecule has 2 fully saturated rings. The summed E-state index contributed by atoms with van der Waals surface area (Å²) in [7, 11) is 0. The summed E-state index contributed by atoms with van der Waals surface area (Å²) in [5.41, 5.74) is 0.174. The van der Waals surface area contributed by atoms with E-state index in [2.05, 4.69) is 12.2 Å². The quantitative estimate of drug-likeness (QED) is 0.749. The molecular formula is C13H25NO2. The molecule has 0 aromatic rings. The molecule has 1 aliphatic heterocycles. The molecule has 2 rings (SSSR count). The second-order valence-corrected chi connectivity index (χ2v) is 5.66. The van der Waals surface area contributed by atoms with E-state index in [1.807, 2.05) is 0 Å². The van der Waals surface area contributed by atoms with Crippen LogP contribution in [0.15, 0.2) is 0 Å². The maximum absolute atomic E-state index is 9.53. The summed E-state index contributed by atoms with van der Waals surface area (Å²) in [6.45, 7) is 5.39. The van der Waals surface area contributed by atoms with E-state index < -0.39 is 0 Å². The third-order valence-corrected chi connectivity index (χ3v) is 4.47. The number of aliphatic hydroxyl groups excluding tert-OH is 1. The predicted octanol–water partition coefficient (Wildman–Crippen LogP) is 1.55. The van der Waals surface area contributed by atoms with Gasteiger partial charge < -0.3 is 15.2 Å². The van der Waals surface area contributed by atoms with Crippen LogP contribution in [-0.2, 0) is 4.74 Å². The Morgan fingerprint density at radius 1 is 1.44 bits per heavy atom. The smallest absolute Gasteiger partial charge is 0.0509 e. The highest BCUT2D eigenvalue weighted by Crippen LogP contribution is 2.37. The van der Waals surface area contributed by atoms with E-state index in [0.717, 1.165) is 19.8 Å². The van der Waals surface area contributed by atoms with Crippen LogP contribution in [0.5, 0.6) is 0 Å². The van der Waals surface area contributed by atoms with E-state index in [9.17, 15) is 5.11 Å². The van der Waals surface area contributed by atoms with Gasteiger partial charge in [-0.25, -0.2) is 0 Å². The first kappa shape index (κ1) is 12.3. The van der Waals surface area contributed by atoms with Crippen LogP contribution in [0.2, 0.25) is 0 Å². The minimum absolute atomic E-state index is 0.174. The maximum Gasteiger partial charge on any atom is 0.0509 e. The van der Waals surface area contributed by atoms with Crippen LogP contribution in [-0.4, -0.2) is 37.5 Å². The highest BCUT2D eigenvalue weighted by atomic mass is 16.5. The molecule has 2 atom stereocenters. The van der Waals surface area contributed by atoms with Crippen molar-refractivity contribution in [1.29, 1.82) is 0 Å². The van der Waals surface area contributed by atoms with Gasteiger partial charge in [0, 0.05) is 31.2 Å². The fourth-order valence-corrected chi connectivity index (χ4v) is 3.01. The summed E-state index contributed by atoms with van der Waals surface area (Å²) in [6.07, 6.45) is 6.11. The van der Waals surface area contributed by atoms with Gasteiger partial charge in [0.2, 0.25) is 0 Å². The van der Waals surface area contributed by atoms with E-state index >= 15 is 0 Å². The summed E-state index contributed by atoms with van der Waals surface area (Å²) in [6, 6.07) is 0.520. The van der Waals surface area contributed by atoms with Crippen molar-refractivity contribution in [3.63, 3.8) is 0 Å². The molecule has 2 unspecified atom stereocenters. The third kappa shape index (κ3) is 2.76. The Hall–Kier alpha value is -0.120. The fraction of sp³-hybridized carbons (Fsp3) is 1.00. The van der Waals surface area contributed by atoms with Gasteiger partial charge in [-0.1, -0.05) is 12.8 Å². The molecule has 94 valence electrons. The zero-order valence-corrected chi connectivity index (χ0v) is 10.4. The van der Waals surface area contributed by atoms with Gasteiger partial charge in [0.15, 0.2) is 0 Å². The average molecular weight is 227 g/mol. The molecule has 0 radical (unpaired) electrons. The third-order valence-electron chi connectivity index (χ3n) is 4.47. The molecule has 1 heterocycles. The Kier molecular flexibility index (Phi) is 4.22. The minimum atomic E-state index is 0.174. The molecule has 3 heteroatoms. The Balaban J connectivity index is 1.76. The lowest BCUT2D eigenvalue weighted by Gasteiger charge is -2.30. The highest BCUT2D eigenvalue weighted by molar-refractivity contribution is 4.88. The molecule has 2 N–H and O–H groups in total.